The van der Waals surface area contributed by atoms with E-state index in [2.05, 4.69) is 9.88 Å². The van der Waals surface area contributed by atoms with E-state index in [1.54, 1.807) is 6.92 Å². The Kier molecular flexibility index (Phi) is 3.94. The molecule has 1 aromatic carbocycles. The Labute approximate surface area is 104 Å². The Morgan fingerprint density at radius 3 is 2.39 bits per heavy atom. The first kappa shape index (κ1) is 14.0. The van der Waals surface area contributed by atoms with Gasteiger partial charge in [0.15, 0.2) is 5.82 Å². The Morgan fingerprint density at radius 2 is 1.89 bits per heavy atom. The summed E-state index contributed by atoms with van der Waals surface area (Å²) < 4.78 is 30.8. The highest BCUT2D eigenvalue weighted by Gasteiger charge is 2.15. The maximum absolute atomic E-state index is 11.9. The number of sulfonamides is 1. The van der Waals surface area contributed by atoms with Crippen molar-refractivity contribution in [3.8, 4) is 0 Å². The first-order chi connectivity index (χ1) is 7.97. The Bertz CT molecular complexity index is 619. The van der Waals surface area contributed by atoms with Gasteiger partial charge in [-0.2, -0.15) is 0 Å². The highest BCUT2D eigenvalue weighted by atomic mass is 32.2. The zero-order chi connectivity index (χ0) is 12.5. The minimum atomic E-state index is -3.64. The molecule has 0 fully saturated rings. The van der Waals surface area contributed by atoms with Crippen molar-refractivity contribution in [1.82, 2.24) is 5.16 Å². The van der Waals surface area contributed by atoms with Gasteiger partial charge in [-0.15, -0.1) is 0 Å². The van der Waals surface area contributed by atoms with E-state index in [0.717, 1.165) is 0 Å². The highest BCUT2D eigenvalue weighted by Crippen LogP contribution is 2.16. The van der Waals surface area contributed by atoms with Crippen molar-refractivity contribution in [3.63, 3.8) is 0 Å². The van der Waals surface area contributed by atoms with E-state index in [-0.39, 0.29) is 16.2 Å². The number of nitrogen functional groups attached to an aromatic ring is 1. The summed E-state index contributed by atoms with van der Waals surface area (Å²) in [5.41, 5.74) is 5.98. The molecule has 0 radical (unpaired) electrons. The first-order valence-electron chi connectivity index (χ1n) is 4.79. The summed E-state index contributed by atoms with van der Waals surface area (Å²) in [7, 11) is -3.64. The van der Waals surface area contributed by atoms with Gasteiger partial charge in [-0.3, -0.25) is 4.72 Å². The molecule has 2 rings (SSSR count). The molecule has 2 aromatic rings. The van der Waals surface area contributed by atoms with Crippen LogP contribution in [0.4, 0.5) is 11.5 Å². The maximum Gasteiger partial charge on any atom is 0.263 e. The van der Waals surface area contributed by atoms with E-state index in [0.29, 0.717) is 11.4 Å². The van der Waals surface area contributed by atoms with Gasteiger partial charge in [-0.05, 0) is 31.2 Å². The molecule has 0 spiro atoms. The van der Waals surface area contributed by atoms with Gasteiger partial charge < -0.3 is 15.7 Å². The van der Waals surface area contributed by atoms with E-state index in [1.807, 2.05) is 0 Å². The van der Waals surface area contributed by atoms with Crippen LogP contribution in [-0.4, -0.2) is 19.1 Å². The van der Waals surface area contributed by atoms with Crippen LogP contribution >= 0.6 is 0 Å². The van der Waals surface area contributed by atoms with Crippen LogP contribution in [-0.2, 0) is 10.0 Å². The lowest BCUT2D eigenvalue weighted by atomic mass is 10.3. The number of nitrogens with one attached hydrogen (secondary N) is 1. The van der Waals surface area contributed by atoms with Gasteiger partial charge in [0.1, 0.15) is 5.76 Å². The number of nitrogens with zero attached hydrogens (tertiary/aromatic N) is 1. The number of hydrogen-bond acceptors (Lipinski definition) is 5. The molecule has 0 bridgehead atoms. The molecule has 0 aliphatic rings. The van der Waals surface area contributed by atoms with Gasteiger partial charge >= 0.3 is 0 Å². The van der Waals surface area contributed by atoms with Crippen molar-refractivity contribution in [1.29, 1.82) is 0 Å². The van der Waals surface area contributed by atoms with Crippen molar-refractivity contribution < 1.29 is 18.4 Å². The molecule has 0 aliphatic carbocycles. The van der Waals surface area contributed by atoms with E-state index < -0.39 is 10.0 Å². The lowest BCUT2D eigenvalue weighted by Crippen LogP contribution is -2.13. The summed E-state index contributed by atoms with van der Waals surface area (Å²) in [5, 5.41) is 3.55. The van der Waals surface area contributed by atoms with Crippen molar-refractivity contribution in [2.24, 2.45) is 0 Å². The molecule has 98 valence electrons. The molecule has 7 nitrogen and oxygen atoms in total. The summed E-state index contributed by atoms with van der Waals surface area (Å²) in [4.78, 5) is 0.118. The maximum atomic E-state index is 11.9. The van der Waals surface area contributed by atoms with E-state index in [1.165, 1.54) is 30.3 Å². The standard InChI is InChI=1S/C10H11N3O3S.H2O/c1-7-6-10(12-16-7)13-17(14,15)9-4-2-8(11)3-5-9;/h2-6H,11H2,1H3,(H,12,13);1H2. The molecule has 18 heavy (non-hydrogen) atoms. The minimum Gasteiger partial charge on any atom is -0.412 e. The SMILES string of the molecule is Cc1cc(NS(=O)(=O)c2ccc(N)cc2)no1.O. The summed E-state index contributed by atoms with van der Waals surface area (Å²) in [6.45, 7) is 1.67. The molecule has 0 aliphatic heterocycles. The Balaban J connectivity index is 0.00000162. The van der Waals surface area contributed by atoms with Crippen molar-refractivity contribution >= 4 is 21.5 Å². The quantitative estimate of drug-likeness (QED) is 0.787. The van der Waals surface area contributed by atoms with Crippen molar-refractivity contribution in [2.75, 3.05) is 10.5 Å². The topological polar surface area (TPSA) is 130 Å². The number of aromatic nitrogens is 1. The molecule has 0 amide bonds. The predicted octanol–water partition coefficient (Wildman–Crippen LogP) is 0.541. The number of anilines is 2. The molecule has 0 unspecified atom stereocenters. The fourth-order valence-electron chi connectivity index (χ4n) is 1.26. The second kappa shape index (κ2) is 5.07. The smallest absolute Gasteiger partial charge is 0.263 e. The summed E-state index contributed by atoms with van der Waals surface area (Å²) in [5.74, 6) is 0.680. The lowest BCUT2D eigenvalue weighted by molar-refractivity contribution is 0.400. The van der Waals surface area contributed by atoms with Crippen LogP contribution in [0.25, 0.3) is 0 Å². The van der Waals surface area contributed by atoms with E-state index in [4.69, 9.17) is 10.3 Å². The highest BCUT2D eigenvalue weighted by molar-refractivity contribution is 7.92. The fraction of sp³-hybridized carbons (Fsp3) is 0.100. The third kappa shape index (κ3) is 2.99. The number of aryl methyl sites for hydroxylation is 1. The van der Waals surface area contributed by atoms with Crippen LogP contribution in [0.1, 0.15) is 5.76 Å². The third-order valence-electron chi connectivity index (χ3n) is 2.06. The Morgan fingerprint density at radius 1 is 1.28 bits per heavy atom. The third-order valence-corrected chi connectivity index (χ3v) is 3.43. The zero-order valence-electron chi connectivity index (χ0n) is 9.54. The van der Waals surface area contributed by atoms with Gasteiger partial charge in [0.2, 0.25) is 0 Å². The summed E-state index contributed by atoms with van der Waals surface area (Å²) >= 11 is 0. The van der Waals surface area contributed by atoms with Crippen LogP contribution in [0.3, 0.4) is 0 Å². The molecule has 1 heterocycles. The number of hydrogen-bond donors (Lipinski definition) is 2. The summed E-state index contributed by atoms with van der Waals surface area (Å²) in [6.07, 6.45) is 0. The molecule has 0 atom stereocenters. The Hall–Kier alpha value is -2.06. The zero-order valence-corrected chi connectivity index (χ0v) is 10.4. The molecular formula is C10H13N3O4S. The summed E-state index contributed by atoms with van der Waals surface area (Å²) in [6, 6.07) is 7.37. The van der Waals surface area contributed by atoms with Crippen molar-refractivity contribution in [3.05, 3.63) is 36.1 Å². The minimum absolute atomic E-state index is 0. The average molecular weight is 271 g/mol. The van der Waals surface area contributed by atoms with Crippen LogP contribution in [0.5, 0.6) is 0 Å². The van der Waals surface area contributed by atoms with E-state index >= 15 is 0 Å². The van der Waals surface area contributed by atoms with Gasteiger partial charge in [0.25, 0.3) is 10.0 Å². The monoisotopic (exact) mass is 271 g/mol. The van der Waals surface area contributed by atoms with Gasteiger partial charge in [-0.1, -0.05) is 5.16 Å². The van der Waals surface area contributed by atoms with Gasteiger partial charge in [-0.25, -0.2) is 8.42 Å². The second-order valence-corrected chi connectivity index (χ2v) is 5.18. The van der Waals surface area contributed by atoms with E-state index in [9.17, 15) is 8.42 Å². The molecular weight excluding hydrogens is 258 g/mol. The van der Waals surface area contributed by atoms with Crippen LogP contribution in [0, 0.1) is 6.92 Å². The van der Waals surface area contributed by atoms with Crippen molar-refractivity contribution in [2.45, 2.75) is 11.8 Å². The molecule has 0 saturated carbocycles. The largest absolute Gasteiger partial charge is 0.412 e. The van der Waals surface area contributed by atoms with Gasteiger partial charge in [0.05, 0.1) is 4.90 Å². The van der Waals surface area contributed by atoms with Crippen LogP contribution < -0.4 is 10.5 Å². The molecule has 5 N–H and O–H groups in total. The predicted molar refractivity (Wildman–Crippen MR) is 66.5 cm³/mol. The second-order valence-electron chi connectivity index (χ2n) is 3.50. The average Bonchev–Trinajstić information content (AvgIpc) is 2.63. The van der Waals surface area contributed by atoms with Crippen LogP contribution in [0.15, 0.2) is 39.8 Å². The molecule has 8 heteroatoms. The molecule has 1 aromatic heterocycles. The first-order valence-corrected chi connectivity index (χ1v) is 6.27. The number of benzene rings is 1. The fourth-order valence-corrected chi connectivity index (χ4v) is 2.24. The number of rotatable bonds is 3. The lowest BCUT2D eigenvalue weighted by Gasteiger charge is -2.04. The number of nitrogens with two attached hydrogens (primary N) is 1. The van der Waals surface area contributed by atoms with Crippen LogP contribution in [0.2, 0.25) is 0 Å². The normalized spacial score (nSPS) is 10.7. The van der Waals surface area contributed by atoms with Gasteiger partial charge in [0, 0.05) is 11.8 Å². The molecule has 0 saturated heterocycles.